The fraction of sp³-hybridized carbons (Fsp3) is 0.444. The third kappa shape index (κ3) is 6.73. The maximum atomic E-state index is 4.18. The summed E-state index contributed by atoms with van der Waals surface area (Å²) in [6, 6.07) is 9.93. The van der Waals surface area contributed by atoms with Crippen molar-refractivity contribution in [3.05, 3.63) is 60.2 Å². The molecule has 1 aliphatic carbocycles. The van der Waals surface area contributed by atoms with Crippen LogP contribution in [0.25, 0.3) is 0 Å². The number of rotatable bonds is 6. The summed E-state index contributed by atoms with van der Waals surface area (Å²) in [5.74, 6) is 0. The van der Waals surface area contributed by atoms with E-state index in [4.69, 9.17) is 0 Å². The molecule has 132 valence electrons. The molecule has 3 rings (SSSR count). The van der Waals surface area contributed by atoms with Crippen LogP contribution in [0.4, 0.5) is 0 Å². The molecule has 0 radical (unpaired) electrons. The van der Waals surface area contributed by atoms with Gasteiger partial charge in [-0.15, -0.1) is 0 Å². The Hall–Kier alpha value is -1.20. The van der Waals surface area contributed by atoms with Crippen LogP contribution in [0.1, 0.15) is 36.8 Å². The quantitative estimate of drug-likeness (QED) is 0.534. The van der Waals surface area contributed by atoms with Gasteiger partial charge in [0.2, 0.25) is 0 Å². The van der Waals surface area contributed by atoms with Crippen molar-refractivity contribution in [2.24, 2.45) is 0 Å². The smallest absolute Gasteiger partial charge is 0.103 e. The molecule has 0 saturated heterocycles. The summed E-state index contributed by atoms with van der Waals surface area (Å²) in [5.41, 5.74) is 2.65. The van der Waals surface area contributed by atoms with Gasteiger partial charge in [0, 0.05) is 61.6 Å². The molecule has 0 atom stereocenters. The minimum atomic E-state index is 0. The van der Waals surface area contributed by atoms with E-state index in [2.05, 4.69) is 32.7 Å². The summed E-state index contributed by atoms with van der Waals surface area (Å²) in [6.45, 7) is 2.12. The molecule has 0 aliphatic heterocycles. The Bertz CT molecular complexity index is 494. The zero-order valence-electron chi connectivity index (χ0n) is 13.8. The molecule has 1 fully saturated rings. The number of quaternary nitrogens is 2. The number of pyridine rings is 2. The Labute approximate surface area is 156 Å². The van der Waals surface area contributed by atoms with Gasteiger partial charge in [0.1, 0.15) is 13.1 Å². The highest BCUT2D eigenvalue weighted by Gasteiger charge is 2.25. The monoisotopic (exact) mass is 368 g/mol. The number of nitrogens with zero attached hydrogens (tertiary/aromatic N) is 2. The van der Waals surface area contributed by atoms with E-state index in [9.17, 15) is 0 Å². The van der Waals surface area contributed by atoms with Gasteiger partial charge in [0.25, 0.3) is 0 Å². The van der Waals surface area contributed by atoms with Gasteiger partial charge in [-0.2, -0.15) is 0 Å². The fourth-order valence-electron chi connectivity index (χ4n) is 3.26. The lowest BCUT2D eigenvalue weighted by atomic mass is 9.91. The van der Waals surface area contributed by atoms with Crippen molar-refractivity contribution in [2.75, 3.05) is 0 Å². The van der Waals surface area contributed by atoms with Crippen molar-refractivity contribution in [1.82, 2.24) is 9.97 Å². The number of aromatic nitrogens is 2. The predicted octanol–water partition coefficient (Wildman–Crippen LogP) is -5.38. The van der Waals surface area contributed by atoms with Gasteiger partial charge >= 0.3 is 0 Å². The molecule has 2 aromatic heterocycles. The fourth-order valence-corrected chi connectivity index (χ4v) is 3.26. The molecule has 2 aromatic rings. The Balaban J connectivity index is 0.00000144. The van der Waals surface area contributed by atoms with Crippen LogP contribution in [0, 0.1) is 0 Å². The molecular formula is C18H26Cl2N4. The SMILES string of the molecule is [Cl-].[Cl-].c1cncc(C[NH2+]C2CCC([NH2+]Cc3cccnc3)CC2)c1. The third-order valence-electron chi connectivity index (χ3n) is 4.64. The topological polar surface area (TPSA) is 59.0 Å². The van der Waals surface area contributed by atoms with Crippen molar-refractivity contribution in [2.45, 2.75) is 50.9 Å². The largest absolute Gasteiger partial charge is 1.00 e. The Morgan fingerprint density at radius 1 is 0.750 bits per heavy atom. The predicted molar refractivity (Wildman–Crippen MR) is 85.8 cm³/mol. The van der Waals surface area contributed by atoms with E-state index >= 15 is 0 Å². The van der Waals surface area contributed by atoms with Crippen LogP contribution in [-0.2, 0) is 13.1 Å². The number of nitrogens with two attached hydrogens (primary N) is 2. The van der Waals surface area contributed by atoms with Crippen LogP contribution in [0.5, 0.6) is 0 Å². The minimum absolute atomic E-state index is 0. The highest BCUT2D eigenvalue weighted by molar-refractivity contribution is 5.06. The maximum Gasteiger partial charge on any atom is 0.103 e. The van der Waals surface area contributed by atoms with E-state index in [-0.39, 0.29) is 24.8 Å². The summed E-state index contributed by atoms with van der Waals surface area (Å²) >= 11 is 0. The van der Waals surface area contributed by atoms with Gasteiger partial charge in [0.15, 0.2) is 0 Å². The lowest BCUT2D eigenvalue weighted by Crippen LogP contribution is -3.00. The van der Waals surface area contributed by atoms with E-state index in [1.54, 1.807) is 0 Å². The van der Waals surface area contributed by atoms with Crippen LogP contribution in [0.3, 0.4) is 0 Å². The van der Waals surface area contributed by atoms with Crippen LogP contribution < -0.4 is 35.4 Å². The molecule has 0 bridgehead atoms. The van der Waals surface area contributed by atoms with Crippen LogP contribution >= 0.6 is 0 Å². The van der Waals surface area contributed by atoms with E-state index in [1.807, 2.05) is 36.9 Å². The Morgan fingerprint density at radius 3 is 1.50 bits per heavy atom. The van der Waals surface area contributed by atoms with E-state index < -0.39 is 0 Å². The second kappa shape index (κ2) is 11.4. The number of hydrogen-bond donors (Lipinski definition) is 2. The normalized spacial score (nSPS) is 19.8. The van der Waals surface area contributed by atoms with Crippen molar-refractivity contribution >= 4 is 0 Å². The third-order valence-corrected chi connectivity index (χ3v) is 4.64. The van der Waals surface area contributed by atoms with Gasteiger partial charge < -0.3 is 35.4 Å². The minimum Gasteiger partial charge on any atom is -1.00 e. The van der Waals surface area contributed by atoms with Gasteiger partial charge in [-0.05, 0) is 12.1 Å². The Kier molecular flexibility index (Phi) is 9.88. The first-order valence-corrected chi connectivity index (χ1v) is 8.34. The average molecular weight is 369 g/mol. The maximum absolute atomic E-state index is 4.18. The highest BCUT2D eigenvalue weighted by Crippen LogP contribution is 2.14. The molecule has 2 heterocycles. The molecule has 0 spiro atoms. The zero-order chi connectivity index (χ0) is 15.0. The van der Waals surface area contributed by atoms with Gasteiger partial charge in [0.05, 0.1) is 12.1 Å². The lowest BCUT2D eigenvalue weighted by molar-refractivity contribution is -0.728. The molecule has 4 N–H and O–H groups in total. The molecule has 0 amide bonds. The lowest BCUT2D eigenvalue weighted by Gasteiger charge is -2.25. The summed E-state index contributed by atoms with van der Waals surface area (Å²) in [6.07, 6.45) is 12.9. The summed E-state index contributed by atoms with van der Waals surface area (Å²) in [7, 11) is 0. The molecular weight excluding hydrogens is 343 g/mol. The van der Waals surface area contributed by atoms with Gasteiger partial charge in [-0.25, -0.2) is 0 Å². The van der Waals surface area contributed by atoms with Crippen LogP contribution in [0.15, 0.2) is 49.1 Å². The van der Waals surface area contributed by atoms with Crippen molar-refractivity contribution in [3.8, 4) is 0 Å². The molecule has 1 aliphatic rings. The molecule has 0 aromatic carbocycles. The summed E-state index contributed by atoms with van der Waals surface area (Å²) < 4.78 is 0. The molecule has 1 saturated carbocycles. The Morgan fingerprint density at radius 2 is 1.17 bits per heavy atom. The van der Waals surface area contributed by atoms with Crippen LogP contribution in [-0.4, -0.2) is 22.1 Å². The standard InChI is InChI=1S/C18H24N4.2ClH/c1-3-15(11-19-9-1)13-21-17-5-7-18(8-6-17)22-14-16-4-2-10-20-12-16;;/h1-4,9-12,17-18,21-22H,5-8,13-14H2;2*1H. The highest BCUT2D eigenvalue weighted by atomic mass is 35.5. The van der Waals surface area contributed by atoms with E-state index in [1.165, 1.54) is 36.8 Å². The van der Waals surface area contributed by atoms with Crippen LogP contribution in [0.2, 0.25) is 0 Å². The first kappa shape index (κ1) is 20.8. The number of hydrogen-bond acceptors (Lipinski definition) is 2. The van der Waals surface area contributed by atoms with Crippen molar-refractivity contribution in [1.29, 1.82) is 0 Å². The molecule has 6 heteroatoms. The summed E-state index contributed by atoms with van der Waals surface area (Å²) in [5, 5.41) is 4.99. The summed E-state index contributed by atoms with van der Waals surface area (Å²) in [4.78, 5) is 8.37. The molecule has 0 unspecified atom stereocenters. The van der Waals surface area contributed by atoms with E-state index in [0.717, 1.165) is 25.2 Å². The van der Waals surface area contributed by atoms with Gasteiger partial charge in [-0.1, -0.05) is 12.1 Å². The second-order valence-electron chi connectivity index (χ2n) is 6.28. The second-order valence-corrected chi connectivity index (χ2v) is 6.28. The first-order chi connectivity index (χ1) is 10.9. The molecule has 24 heavy (non-hydrogen) atoms. The first-order valence-electron chi connectivity index (χ1n) is 8.34. The zero-order valence-corrected chi connectivity index (χ0v) is 15.3. The molecule has 4 nitrogen and oxygen atoms in total. The van der Waals surface area contributed by atoms with Crippen molar-refractivity contribution in [3.63, 3.8) is 0 Å². The average Bonchev–Trinajstić information content (AvgIpc) is 2.61. The number of halogens is 2. The van der Waals surface area contributed by atoms with Crippen molar-refractivity contribution < 1.29 is 35.4 Å². The van der Waals surface area contributed by atoms with E-state index in [0.29, 0.717) is 0 Å². The van der Waals surface area contributed by atoms with Gasteiger partial charge in [-0.3, -0.25) is 9.97 Å².